The van der Waals surface area contributed by atoms with Gasteiger partial charge in [-0.3, -0.25) is 10.1 Å². The van der Waals surface area contributed by atoms with E-state index in [1.54, 1.807) is 18.2 Å². The van der Waals surface area contributed by atoms with Crippen LogP contribution in [-0.2, 0) is 5.88 Å². The number of nitrogens with zero attached hydrogens (tertiary/aromatic N) is 2. The van der Waals surface area contributed by atoms with Crippen molar-refractivity contribution < 1.29 is 9.66 Å². The van der Waals surface area contributed by atoms with E-state index in [-0.39, 0.29) is 16.6 Å². The van der Waals surface area contributed by atoms with Gasteiger partial charge in [-0.25, -0.2) is 0 Å². The van der Waals surface area contributed by atoms with Gasteiger partial charge in [-0.05, 0) is 23.8 Å². The molecule has 0 bridgehead atoms. The molecule has 0 atom stereocenters. The van der Waals surface area contributed by atoms with Crippen LogP contribution in [0.4, 0.5) is 5.69 Å². The van der Waals surface area contributed by atoms with Crippen molar-refractivity contribution in [3.8, 4) is 17.6 Å². The van der Waals surface area contributed by atoms with Gasteiger partial charge in [0.1, 0.15) is 22.6 Å². The second kappa shape index (κ2) is 6.44. The largest absolute Gasteiger partial charge is 0.456 e. The zero-order valence-corrected chi connectivity index (χ0v) is 12.1. The van der Waals surface area contributed by atoms with E-state index in [2.05, 4.69) is 0 Å². The van der Waals surface area contributed by atoms with E-state index in [0.29, 0.717) is 17.1 Å². The Morgan fingerprint density at radius 3 is 2.62 bits per heavy atom. The Morgan fingerprint density at radius 1 is 1.29 bits per heavy atom. The van der Waals surface area contributed by atoms with Gasteiger partial charge in [-0.15, -0.1) is 11.6 Å². The standard InChI is InChI=1S/C14H8Cl2N2O3/c15-7-9-1-4-14(10(5-9)8-17)21-11-2-3-13(18(19)20)12(16)6-11/h1-6H,7H2. The number of hydrogen-bond donors (Lipinski definition) is 0. The highest BCUT2D eigenvalue weighted by atomic mass is 35.5. The van der Waals surface area contributed by atoms with Gasteiger partial charge in [-0.1, -0.05) is 17.7 Å². The minimum absolute atomic E-state index is 0.0339. The Balaban J connectivity index is 2.32. The van der Waals surface area contributed by atoms with Crippen LogP contribution in [0.3, 0.4) is 0 Å². The summed E-state index contributed by atoms with van der Waals surface area (Å²) in [6.07, 6.45) is 0. The van der Waals surface area contributed by atoms with Gasteiger partial charge in [0.05, 0.1) is 10.5 Å². The van der Waals surface area contributed by atoms with Crippen molar-refractivity contribution in [1.29, 1.82) is 5.26 Å². The maximum absolute atomic E-state index is 10.7. The molecule has 0 aromatic heterocycles. The van der Waals surface area contributed by atoms with Crippen molar-refractivity contribution in [2.45, 2.75) is 5.88 Å². The molecule has 0 aliphatic rings. The molecule has 0 aliphatic carbocycles. The molecule has 2 aromatic carbocycles. The molecule has 0 radical (unpaired) electrons. The van der Waals surface area contributed by atoms with Gasteiger partial charge in [-0.2, -0.15) is 5.26 Å². The molecule has 7 heteroatoms. The molecule has 0 spiro atoms. The highest BCUT2D eigenvalue weighted by Gasteiger charge is 2.14. The van der Waals surface area contributed by atoms with Gasteiger partial charge >= 0.3 is 0 Å². The summed E-state index contributed by atoms with van der Waals surface area (Å²) < 4.78 is 5.54. The van der Waals surface area contributed by atoms with E-state index < -0.39 is 4.92 Å². The molecular formula is C14H8Cl2N2O3. The molecule has 106 valence electrons. The third kappa shape index (κ3) is 3.43. The Bertz CT molecular complexity index is 741. The van der Waals surface area contributed by atoms with Crippen molar-refractivity contribution in [2.24, 2.45) is 0 Å². The predicted molar refractivity (Wildman–Crippen MR) is 78.9 cm³/mol. The van der Waals surface area contributed by atoms with Crippen molar-refractivity contribution in [1.82, 2.24) is 0 Å². The normalized spacial score (nSPS) is 9.95. The van der Waals surface area contributed by atoms with Crippen LogP contribution in [0.2, 0.25) is 5.02 Å². The third-order valence-corrected chi connectivity index (χ3v) is 3.27. The first-order valence-electron chi connectivity index (χ1n) is 5.76. The van der Waals surface area contributed by atoms with E-state index in [1.165, 1.54) is 18.2 Å². The number of nitriles is 1. The van der Waals surface area contributed by atoms with E-state index in [9.17, 15) is 10.1 Å². The fraction of sp³-hybridized carbons (Fsp3) is 0.0714. The molecule has 2 rings (SSSR count). The summed E-state index contributed by atoms with van der Waals surface area (Å²) in [5, 5.41) is 19.8. The van der Waals surface area contributed by atoms with Crippen LogP contribution in [-0.4, -0.2) is 4.92 Å². The van der Waals surface area contributed by atoms with Crippen LogP contribution in [0.1, 0.15) is 11.1 Å². The quantitative estimate of drug-likeness (QED) is 0.466. The first-order chi connectivity index (χ1) is 10.0. The smallest absolute Gasteiger partial charge is 0.288 e. The number of halogens is 2. The minimum Gasteiger partial charge on any atom is -0.456 e. The lowest BCUT2D eigenvalue weighted by Gasteiger charge is -2.08. The van der Waals surface area contributed by atoms with Crippen LogP contribution in [0, 0.1) is 21.4 Å². The summed E-state index contributed by atoms with van der Waals surface area (Å²) in [6, 6.07) is 11.0. The number of nitro groups is 1. The van der Waals surface area contributed by atoms with E-state index in [1.807, 2.05) is 6.07 Å². The Hall–Kier alpha value is -2.29. The molecule has 0 N–H and O–H groups in total. The van der Waals surface area contributed by atoms with E-state index in [4.69, 9.17) is 33.2 Å². The molecule has 0 unspecified atom stereocenters. The number of alkyl halides is 1. The summed E-state index contributed by atoms with van der Waals surface area (Å²) in [4.78, 5) is 10.1. The van der Waals surface area contributed by atoms with Crippen molar-refractivity contribution in [2.75, 3.05) is 0 Å². The molecule has 2 aromatic rings. The number of benzene rings is 2. The molecule has 0 saturated carbocycles. The van der Waals surface area contributed by atoms with Crippen molar-refractivity contribution in [3.05, 3.63) is 62.7 Å². The fourth-order valence-electron chi connectivity index (χ4n) is 1.66. The van der Waals surface area contributed by atoms with E-state index in [0.717, 1.165) is 5.56 Å². The highest BCUT2D eigenvalue weighted by Crippen LogP contribution is 2.32. The van der Waals surface area contributed by atoms with Crippen LogP contribution in [0.25, 0.3) is 0 Å². The van der Waals surface area contributed by atoms with Gasteiger partial charge in [0.2, 0.25) is 0 Å². The Kier molecular flexibility index (Phi) is 4.63. The number of ether oxygens (including phenoxy) is 1. The summed E-state index contributed by atoms with van der Waals surface area (Å²) >= 11 is 11.5. The van der Waals surface area contributed by atoms with Crippen LogP contribution < -0.4 is 4.74 Å². The van der Waals surface area contributed by atoms with Gasteiger partial charge in [0.15, 0.2) is 0 Å². The second-order valence-electron chi connectivity index (χ2n) is 4.05. The van der Waals surface area contributed by atoms with Crippen LogP contribution >= 0.6 is 23.2 Å². The fourth-order valence-corrected chi connectivity index (χ4v) is 2.07. The predicted octanol–water partition coefficient (Wildman–Crippen LogP) is 4.65. The average molecular weight is 323 g/mol. The second-order valence-corrected chi connectivity index (χ2v) is 4.72. The zero-order valence-electron chi connectivity index (χ0n) is 10.5. The number of hydrogen-bond acceptors (Lipinski definition) is 4. The molecule has 0 amide bonds. The molecule has 21 heavy (non-hydrogen) atoms. The molecule has 0 aliphatic heterocycles. The van der Waals surface area contributed by atoms with Crippen LogP contribution in [0.5, 0.6) is 11.5 Å². The van der Waals surface area contributed by atoms with Crippen LogP contribution in [0.15, 0.2) is 36.4 Å². The summed E-state index contributed by atoms with van der Waals surface area (Å²) in [7, 11) is 0. The lowest BCUT2D eigenvalue weighted by atomic mass is 10.1. The SMILES string of the molecule is N#Cc1cc(CCl)ccc1Oc1ccc([N+](=O)[O-])c(Cl)c1. The molecule has 0 heterocycles. The summed E-state index contributed by atoms with van der Waals surface area (Å²) in [5.41, 5.74) is 0.909. The van der Waals surface area contributed by atoms with Crippen molar-refractivity contribution in [3.63, 3.8) is 0 Å². The average Bonchev–Trinajstić information content (AvgIpc) is 2.47. The van der Waals surface area contributed by atoms with Crippen molar-refractivity contribution >= 4 is 28.9 Å². The summed E-state index contributed by atoms with van der Waals surface area (Å²) in [6.45, 7) is 0. The maximum atomic E-state index is 10.7. The zero-order chi connectivity index (χ0) is 15.4. The van der Waals surface area contributed by atoms with Gasteiger partial charge in [0.25, 0.3) is 5.69 Å². The number of rotatable bonds is 4. The highest BCUT2D eigenvalue weighted by molar-refractivity contribution is 6.32. The monoisotopic (exact) mass is 322 g/mol. The first-order valence-corrected chi connectivity index (χ1v) is 6.67. The summed E-state index contributed by atoms with van der Waals surface area (Å²) in [5.74, 6) is 0.926. The molecule has 0 saturated heterocycles. The third-order valence-electron chi connectivity index (χ3n) is 2.66. The molecular weight excluding hydrogens is 315 g/mol. The Labute approximate surface area is 130 Å². The maximum Gasteiger partial charge on any atom is 0.288 e. The van der Waals surface area contributed by atoms with Gasteiger partial charge in [0, 0.05) is 18.0 Å². The lowest BCUT2D eigenvalue weighted by Crippen LogP contribution is -1.92. The Morgan fingerprint density at radius 2 is 2.05 bits per heavy atom. The topological polar surface area (TPSA) is 76.2 Å². The molecule has 5 nitrogen and oxygen atoms in total. The first kappa shape index (κ1) is 15.1. The number of nitro benzene ring substituents is 1. The minimum atomic E-state index is -0.581. The lowest BCUT2D eigenvalue weighted by molar-refractivity contribution is -0.384. The van der Waals surface area contributed by atoms with Gasteiger partial charge < -0.3 is 4.74 Å². The van der Waals surface area contributed by atoms with E-state index >= 15 is 0 Å². The molecule has 0 fully saturated rings.